The topological polar surface area (TPSA) is 20.3 Å². The largest absolute Gasteiger partial charge is 0.339 e. The molecule has 0 N–H and O–H groups in total. The van der Waals surface area contributed by atoms with Gasteiger partial charge in [-0.15, -0.1) is 11.3 Å². The fraction of sp³-hybridized carbons (Fsp3) is 0.706. The van der Waals surface area contributed by atoms with Crippen molar-refractivity contribution >= 4 is 17.2 Å². The van der Waals surface area contributed by atoms with Gasteiger partial charge < -0.3 is 4.90 Å². The van der Waals surface area contributed by atoms with Crippen molar-refractivity contribution in [1.29, 1.82) is 0 Å². The molecule has 3 rings (SSSR count). The van der Waals surface area contributed by atoms with Gasteiger partial charge in [0, 0.05) is 23.3 Å². The smallest absolute Gasteiger partial charge is 0.254 e. The summed E-state index contributed by atoms with van der Waals surface area (Å²) in [6.07, 6.45) is 5.83. The molecule has 20 heavy (non-hydrogen) atoms. The highest BCUT2D eigenvalue weighted by Crippen LogP contribution is 2.40. The molecule has 0 spiro atoms. The molecule has 1 fully saturated rings. The average molecular weight is 291 g/mol. The summed E-state index contributed by atoms with van der Waals surface area (Å²) >= 11 is 1.81. The van der Waals surface area contributed by atoms with Gasteiger partial charge in [0.25, 0.3) is 5.91 Å². The lowest BCUT2D eigenvalue weighted by Crippen LogP contribution is -2.30. The molecule has 1 saturated heterocycles. The van der Waals surface area contributed by atoms with E-state index < -0.39 is 0 Å². The zero-order valence-electron chi connectivity index (χ0n) is 12.9. The van der Waals surface area contributed by atoms with E-state index in [-0.39, 0.29) is 5.91 Å². The lowest BCUT2D eigenvalue weighted by molar-refractivity contribution is 0.0791. The molecule has 0 radical (unpaired) electrons. The van der Waals surface area contributed by atoms with Crippen molar-refractivity contribution in [2.24, 2.45) is 11.3 Å². The number of likely N-dealkylation sites (tertiary alicyclic amines) is 1. The molecular formula is C17H25NOS. The van der Waals surface area contributed by atoms with Crippen molar-refractivity contribution in [2.45, 2.75) is 52.9 Å². The molecule has 1 aromatic heterocycles. The first-order valence-electron chi connectivity index (χ1n) is 7.85. The number of fused-ring (bicyclic) bond motifs is 1. The van der Waals surface area contributed by atoms with E-state index in [2.05, 4.69) is 26.2 Å². The average Bonchev–Trinajstić information content (AvgIpc) is 3.06. The molecule has 2 nitrogen and oxygen atoms in total. The first-order chi connectivity index (χ1) is 9.47. The summed E-state index contributed by atoms with van der Waals surface area (Å²) in [5, 5.41) is 2.12. The third-order valence-corrected chi connectivity index (χ3v) is 6.05. The minimum absolute atomic E-state index is 0.286. The summed E-state index contributed by atoms with van der Waals surface area (Å²) in [6, 6.07) is 0. The third kappa shape index (κ3) is 2.52. The highest BCUT2D eigenvalue weighted by atomic mass is 32.1. The lowest BCUT2D eigenvalue weighted by atomic mass is 9.72. The summed E-state index contributed by atoms with van der Waals surface area (Å²) in [4.78, 5) is 16.1. The van der Waals surface area contributed by atoms with Gasteiger partial charge in [0.05, 0.1) is 5.56 Å². The molecule has 1 atom stereocenters. The van der Waals surface area contributed by atoms with Gasteiger partial charge in [0.1, 0.15) is 0 Å². The maximum Gasteiger partial charge on any atom is 0.254 e. The van der Waals surface area contributed by atoms with Crippen LogP contribution in [0.25, 0.3) is 0 Å². The molecule has 2 aliphatic rings. The Morgan fingerprint density at radius 1 is 1.30 bits per heavy atom. The Morgan fingerprint density at radius 2 is 2.00 bits per heavy atom. The number of amides is 1. The Hall–Kier alpha value is -0.830. The first-order valence-corrected chi connectivity index (χ1v) is 8.73. The number of hydrogen-bond acceptors (Lipinski definition) is 2. The third-order valence-electron chi connectivity index (χ3n) is 5.00. The van der Waals surface area contributed by atoms with Gasteiger partial charge in [-0.25, -0.2) is 0 Å². The molecule has 1 unspecified atom stereocenters. The van der Waals surface area contributed by atoms with Crippen LogP contribution in [0.5, 0.6) is 0 Å². The van der Waals surface area contributed by atoms with E-state index in [1.165, 1.54) is 29.7 Å². The van der Waals surface area contributed by atoms with E-state index in [1.807, 2.05) is 16.2 Å². The minimum atomic E-state index is 0.286. The Labute approximate surface area is 126 Å². The normalized spacial score (nSPS) is 22.9. The Kier molecular flexibility index (Phi) is 3.65. The molecule has 0 bridgehead atoms. The van der Waals surface area contributed by atoms with Crippen molar-refractivity contribution in [1.82, 2.24) is 4.90 Å². The molecule has 1 aliphatic heterocycles. The second-order valence-corrected chi connectivity index (χ2v) is 8.32. The van der Waals surface area contributed by atoms with Crippen LogP contribution >= 0.6 is 11.3 Å². The van der Waals surface area contributed by atoms with Crippen LogP contribution in [0.3, 0.4) is 0 Å². The summed E-state index contributed by atoms with van der Waals surface area (Å²) in [5.41, 5.74) is 2.76. The molecule has 1 amide bonds. The SMILES string of the molecule is CC(C)(C)C1CCc2c(C(=O)N3CCCC3)csc2C1. The zero-order chi connectivity index (χ0) is 14.3. The van der Waals surface area contributed by atoms with Crippen molar-refractivity contribution < 1.29 is 4.79 Å². The Balaban J connectivity index is 1.81. The molecule has 1 aliphatic carbocycles. The second-order valence-electron chi connectivity index (χ2n) is 7.36. The number of nitrogens with zero attached hydrogens (tertiary/aromatic N) is 1. The van der Waals surface area contributed by atoms with Crippen molar-refractivity contribution in [3.05, 3.63) is 21.4 Å². The van der Waals surface area contributed by atoms with Crippen LogP contribution in [0.2, 0.25) is 0 Å². The predicted octanol–water partition coefficient (Wildman–Crippen LogP) is 4.14. The van der Waals surface area contributed by atoms with E-state index in [0.717, 1.165) is 37.4 Å². The van der Waals surface area contributed by atoms with E-state index >= 15 is 0 Å². The number of hydrogen-bond donors (Lipinski definition) is 0. The van der Waals surface area contributed by atoms with Gasteiger partial charge >= 0.3 is 0 Å². The van der Waals surface area contributed by atoms with Gasteiger partial charge in [-0.05, 0) is 49.0 Å². The molecular weight excluding hydrogens is 266 g/mol. The van der Waals surface area contributed by atoms with E-state index in [4.69, 9.17) is 0 Å². The molecule has 2 heterocycles. The molecule has 0 saturated carbocycles. The van der Waals surface area contributed by atoms with Gasteiger partial charge in [-0.1, -0.05) is 20.8 Å². The summed E-state index contributed by atoms with van der Waals surface area (Å²) in [6.45, 7) is 8.92. The maximum absolute atomic E-state index is 12.6. The van der Waals surface area contributed by atoms with Crippen LogP contribution in [0.4, 0.5) is 0 Å². The van der Waals surface area contributed by atoms with Crippen LogP contribution in [-0.4, -0.2) is 23.9 Å². The minimum Gasteiger partial charge on any atom is -0.339 e. The van der Waals surface area contributed by atoms with Crippen LogP contribution in [0.15, 0.2) is 5.38 Å². The first kappa shape index (κ1) is 14.1. The van der Waals surface area contributed by atoms with Gasteiger partial charge in [-0.3, -0.25) is 4.79 Å². The molecule has 0 aromatic carbocycles. The van der Waals surface area contributed by atoms with E-state index in [1.54, 1.807) is 0 Å². The quantitative estimate of drug-likeness (QED) is 0.761. The number of rotatable bonds is 1. The van der Waals surface area contributed by atoms with Crippen molar-refractivity contribution in [3.8, 4) is 0 Å². The van der Waals surface area contributed by atoms with Crippen LogP contribution < -0.4 is 0 Å². The maximum atomic E-state index is 12.6. The Bertz CT molecular complexity index is 506. The molecule has 110 valence electrons. The van der Waals surface area contributed by atoms with Gasteiger partial charge in [0.2, 0.25) is 0 Å². The van der Waals surface area contributed by atoms with Crippen LogP contribution in [-0.2, 0) is 12.8 Å². The molecule has 1 aromatic rings. The number of thiophene rings is 1. The standard InChI is InChI=1S/C17H25NOS/c1-17(2,3)12-6-7-13-14(11-20-15(13)10-12)16(19)18-8-4-5-9-18/h11-12H,4-10H2,1-3H3. The van der Waals surface area contributed by atoms with Crippen molar-refractivity contribution in [2.75, 3.05) is 13.1 Å². The predicted molar refractivity (Wildman–Crippen MR) is 84.4 cm³/mol. The lowest BCUT2D eigenvalue weighted by Gasteiger charge is -2.34. The molecule has 3 heteroatoms. The summed E-state index contributed by atoms with van der Waals surface area (Å²) < 4.78 is 0. The Morgan fingerprint density at radius 3 is 2.65 bits per heavy atom. The van der Waals surface area contributed by atoms with E-state index in [9.17, 15) is 4.79 Å². The summed E-state index contributed by atoms with van der Waals surface area (Å²) in [5.74, 6) is 1.04. The number of carbonyl (C=O) groups excluding carboxylic acids is 1. The van der Waals surface area contributed by atoms with Gasteiger partial charge in [0.15, 0.2) is 0 Å². The fourth-order valence-electron chi connectivity index (χ4n) is 3.52. The summed E-state index contributed by atoms with van der Waals surface area (Å²) in [7, 11) is 0. The second kappa shape index (κ2) is 5.18. The fourth-order valence-corrected chi connectivity index (χ4v) is 4.68. The van der Waals surface area contributed by atoms with Crippen LogP contribution in [0, 0.1) is 11.3 Å². The van der Waals surface area contributed by atoms with Gasteiger partial charge in [-0.2, -0.15) is 0 Å². The van der Waals surface area contributed by atoms with E-state index in [0.29, 0.717) is 5.41 Å². The van der Waals surface area contributed by atoms with Crippen LogP contribution in [0.1, 0.15) is 60.8 Å². The monoisotopic (exact) mass is 291 g/mol. The van der Waals surface area contributed by atoms with Crippen molar-refractivity contribution in [3.63, 3.8) is 0 Å². The number of carbonyl (C=O) groups is 1. The highest BCUT2D eigenvalue weighted by molar-refractivity contribution is 7.10. The zero-order valence-corrected chi connectivity index (χ0v) is 13.7. The highest BCUT2D eigenvalue weighted by Gasteiger charge is 2.32.